The number of hydrogen-bond donors (Lipinski definition) is 2. The van der Waals surface area contributed by atoms with Crippen LogP contribution in [0.1, 0.15) is 12.8 Å². The number of hydrogen-bond acceptors (Lipinski definition) is 4. The second-order valence-corrected chi connectivity index (χ2v) is 4.26. The maximum atomic E-state index is 12.7. The lowest BCUT2D eigenvalue weighted by Crippen LogP contribution is -2.51. The van der Waals surface area contributed by atoms with Gasteiger partial charge in [-0.15, -0.1) is 0 Å². The maximum Gasteiger partial charge on any atom is 0.257 e. The fourth-order valence-corrected chi connectivity index (χ4v) is 2.03. The van der Waals surface area contributed by atoms with Crippen LogP contribution < -0.4 is 10.6 Å². The Bertz CT molecular complexity index is 416. The largest absolute Gasteiger partial charge is 0.368 e. The van der Waals surface area contributed by atoms with Crippen molar-refractivity contribution in [2.24, 2.45) is 0 Å². The fourth-order valence-electron chi connectivity index (χ4n) is 2.03. The molecule has 1 fully saturated rings. The summed E-state index contributed by atoms with van der Waals surface area (Å²) in [6.45, 7) is 1.47. The molecular weight excluding hydrogens is 237 g/mol. The van der Waals surface area contributed by atoms with Gasteiger partial charge in [0.25, 0.3) is 5.91 Å². The first kappa shape index (κ1) is 12.9. The lowest BCUT2D eigenvalue weighted by Gasteiger charge is -2.34. The van der Waals surface area contributed by atoms with E-state index in [4.69, 9.17) is 4.74 Å². The molecule has 0 aromatic carbocycles. The number of carbonyl (C=O) groups excluding carboxylic acids is 1. The molecule has 0 spiro atoms. The molecule has 0 saturated carbocycles. The Morgan fingerprint density at radius 1 is 1.50 bits per heavy atom. The molecule has 1 amide bonds. The molecule has 0 bridgehead atoms. The van der Waals surface area contributed by atoms with E-state index < -0.39 is 11.4 Å². The number of methoxy groups -OCH3 is 1. The van der Waals surface area contributed by atoms with Crippen LogP contribution in [0, 0.1) is 5.82 Å². The van der Waals surface area contributed by atoms with Gasteiger partial charge >= 0.3 is 0 Å². The van der Waals surface area contributed by atoms with Crippen molar-refractivity contribution in [3.8, 4) is 0 Å². The van der Waals surface area contributed by atoms with Gasteiger partial charge in [-0.25, -0.2) is 9.37 Å². The third-order valence-electron chi connectivity index (χ3n) is 3.18. The zero-order valence-corrected chi connectivity index (χ0v) is 10.2. The van der Waals surface area contributed by atoms with Gasteiger partial charge in [-0.05, 0) is 38.1 Å². The van der Waals surface area contributed by atoms with Crippen LogP contribution in [0.25, 0.3) is 0 Å². The topological polar surface area (TPSA) is 63.2 Å². The second kappa shape index (κ2) is 5.41. The van der Waals surface area contributed by atoms with Gasteiger partial charge in [-0.2, -0.15) is 0 Å². The summed E-state index contributed by atoms with van der Waals surface area (Å²) in [7, 11) is 1.53. The molecule has 0 aliphatic carbocycles. The van der Waals surface area contributed by atoms with Gasteiger partial charge in [-0.1, -0.05) is 0 Å². The standard InChI is InChI=1S/C12H16FN3O2/c1-18-12(4-6-14-7-5-12)11(17)16-10-3-2-9(13)8-15-10/h2-3,8,14H,4-7H2,1H3,(H,15,16,17). The number of ether oxygens (including phenoxy) is 1. The minimum absolute atomic E-state index is 0.231. The molecule has 0 atom stereocenters. The Morgan fingerprint density at radius 2 is 2.22 bits per heavy atom. The van der Waals surface area contributed by atoms with E-state index in [1.54, 1.807) is 0 Å². The van der Waals surface area contributed by atoms with Gasteiger partial charge in [0.1, 0.15) is 17.2 Å². The van der Waals surface area contributed by atoms with E-state index in [1.807, 2.05) is 0 Å². The minimum Gasteiger partial charge on any atom is -0.368 e. The second-order valence-electron chi connectivity index (χ2n) is 4.26. The van der Waals surface area contributed by atoms with Crippen LogP contribution in [-0.2, 0) is 9.53 Å². The van der Waals surface area contributed by atoms with Crippen LogP contribution in [0.2, 0.25) is 0 Å². The number of piperidine rings is 1. The van der Waals surface area contributed by atoms with Crippen molar-refractivity contribution in [3.63, 3.8) is 0 Å². The number of rotatable bonds is 3. The number of aromatic nitrogens is 1. The number of carbonyl (C=O) groups is 1. The van der Waals surface area contributed by atoms with Crippen molar-refractivity contribution in [1.29, 1.82) is 0 Å². The smallest absolute Gasteiger partial charge is 0.257 e. The number of pyridine rings is 1. The molecular formula is C12H16FN3O2. The van der Waals surface area contributed by atoms with E-state index in [9.17, 15) is 9.18 Å². The Morgan fingerprint density at radius 3 is 2.78 bits per heavy atom. The third-order valence-corrected chi connectivity index (χ3v) is 3.18. The SMILES string of the molecule is COC1(C(=O)Nc2ccc(F)cn2)CCNCC1. The first-order chi connectivity index (χ1) is 8.66. The number of halogens is 1. The summed E-state index contributed by atoms with van der Waals surface area (Å²) in [5.74, 6) is -0.335. The predicted octanol–water partition coefficient (Wildman–Crippen LogP) is 0.928. The van der Waals surface area contributed by atoms with Crippen LogP contribution in [0.5, 0.6) is 0 Å². The molecule has 1 saturated heterocycles. The summed E-state index contributed by atoms with van der Waals surface area (Å²) >= 11 is 0. The molecule has 1 aromatic heterocycles. The summed E-state index contributed by atoms with van der Waals surface area (Å²) in [6, 6.07) is 2.68. The van der Waals surface area contributed by atoms with Crippen LogP contribution in [0.15, 0.2) is 18.3 Å². The molecule has 2 rings (SSSR count). The van der Waals surface area contributed by atoms with Crippen LogP contribution in [0.4, 0.5) is 10.2 Å². The van der Waals surface area contributed by atoms with E-state index in [0.29, 0.717) is 18.7 Å². The Labute approximate surface area is 105 Å². The predicted molar refractivity (Wildman–Crippen MR) is 64.7 cm³/mol. The van der Waals surface area contributed by atoms with Gasteiger partial charge in [0, 0.05) is 7.11 Å². The van der Waals surface area contributed by atoms with E-state index >= 15 is 0 Å². The van der Waals surface area contributed by atoms with Crippen molar-refractivity contribution in [2.45, 2.75) is 18.4 Å². The zero-order chi connectivity index (χ0) is 13.0. The third kappa shape index (κ3) is 2.65. The zero-order valence-electron chi connectivity index (χ0n) is 10.2. The summed E-state index contributed by atoms with van der Waals surface area (Å²) in [4.78, 5) is 16.0. The summed E-state index contributed by atoms with van der Waals surface area (Å²) < 4.78 is 18.1. The van der Waals surface area contributed by atoms with Gasteiger partial charge in [0.05, 0.1) is 6.20 Å². The van der Waals surface area contributed by atoms with Crippen LogP contribution >= 0.6 is 0 Å². The summed E-state index contributed by atoms with van der Waals surface area (Å²) in [5, 5.41) is 5.84. The molecule has 0 radical (unpaired) electrons. The van der Waals surface area contributed by atoms with E-state index in [1.165, 1.54) is 19.2 Å². The minimum atomic E-state index is -0.818. The van der Waals surface area contributed by atoms with Crippen molar-refractivity contribution in [1.82, 2.24) is 10.3 Å². The maximum absolute atomic E-state index is 12.7. The molecule has 6 heteroatoms. The molecule has 5 nitrogen and oxygen atoms in total. The Kier molecular flexibility index (Phi) is 3.88. The lowest BCUT2D eigenvalue weighted by molar-refractivity contribution is -0.140. The highest BCUT2D eigenvalue weighted by molar-refractivity contribution is 5.96. The molecule has 1 aliphatic heterocycles. The first-order valence-electron chi connectivity index (χ1n) is 5.85. The van der Waals surface area contributed by atoms with Crippen molar-refractivity contribution >= 4 is 11.7 Å². The van der Waals surface area contributed by atoms with Gasteiger partial charge < -0.3 is 15.4 Å². The number of amides is 1. The van der Waals surface area contributed by atoms with Crippen molar-refractivity contribution < 1.29 is 13.9 Å². The van der Waals surface area contributed by atoms with E-state index in [0.717, 1.165) is 19.3 Å². The molecule has 0 unspecified atom stereocenters. The van der Waals surface area contributed by atoms with Crippen LogP contribution in [0.3, 0.4) is 0 Å². The lowest BCUT2D eigenvalue weighted by atomic mass is 9.91. The first-order valence-corrected chi connectivity index (χ1v) is 5.85. The van der Waals surface area contributed by atoms with Crippen LogP contribution in [-0.4, -0.2) is 36.7 Å². The normalized spacial score (nSPS) is 18.3. The Hall–Kier alpha value is -1.53. The van der Waals surface area contributed by atoms with E-state index in [-0.39, 0.29) is 5.91 Å². The summed E-state index contributed by atoms with van der Waals surface area (Å²) in [5.41, 5.74) is -0.818. The van der Waals surface area contributed by atoms with Gasteiger partial charge in [-0.3, -0.25) is 4.79 Å². The highest BCUT2D eigenvalue weighted by atomic mass is 19.1. The molecule has 1 aliphatic rings. The number of nitrogens with zero attached hydrogens (tertiary/aromatic N) is 1. The number of anilines is 1. The molecule has 2 N–H and O–H groups in total. The van der Waals surface area contributed by atoms with Gasteiger partial charge in [0.15, 0.2) is 0 Å². The Balaban J connectivity index is 2.07. The van der Waals surface area contributed by atoms with Crippen molar-refractivity contribution in [2.75, 3.05) is 25.5 Å². The van der Waals surface area contributed by atoms with Crippen molar-refractivity contribution in [3.05, 3.63) is 24.1 Å². The summed E-state index contributed by atoms with van der Waals surface area (Å²) in [6.07, 6.45) is 2.28. The monoisotopic (exact) mass is 253 g/mol. The fraction of sp³-hybridized carbons (Fsp3) is 0.500. The average Bonchev–Trinajstić information content (AvgIpc) is 2.42. The van der Waals surface area contributed by atoms with Gasteiger partial charge in [0.2, 0.25) is 0 Å². The highest BCUT2D eigenvalue weighted by Crippen LogP contribution is 2.24. The highest BCUT2D eigenvalue weighted by Gasteiger charge is 2.39. The number of nitrogens with one attached hydrogen (secondary N) is 2. The molecule has 1 aromatic rings. The quantitative estimate of drug-likeness (QED) is 0.841. The average molecular weight is 253 g/mol. The molecule has 2 heterocycles. The molecule has 18 heavy (non-hydrogen) atoms. The molecule has 98 valence electrons. The van der Waals surface area contributed by atoms with E-state index in [2.05, 4.69) is 15.6 Å².